The van der Waals surface area contributed by atoms with Crippen LogP contribution in [0.25, 0.3) is 0 Å². The van der Waals surface area contributed by atoms with Crippen molar-refractivity contribution >= 4 is 5.69 Å². The molecule has 1 unspecified atom stereocenters. The van der Waals surface area contributed by atoms with E-state index >= 15 is 0 Å². The number of nitro benzene ring substituents is 1. The van der Waals surface area contributed by atoms with Gasteiger partial charge in [-0.25, -0.2) is 0 Å². The highest BCUT2D eigenvalue weighted by atomic mass is 16.6. The van der Waals surface area contributed by atoms with E-state index < -0.39 is 4.92 Å². The lowest BCUT2D eigenvalue weighted by Crippen LogP contribution is -2.26. The SMILES string of the molecule is COc1cc([N+](=O)[O-])ccc1OCC(C)CNC1CC1. The van der Waals surface area contributed by atoms with Gasteiger partial charge in [-0.05, 0) is 18.9 Å². The molecule has 0 bridgehead atoms. The second-order valence-electron chi connectivity index (χ2n) is 5.19. The molecule has 0 aromatic heterocycles. The Balaban J connectivity index is 1.88. The average molecular weight is 280 g/mol. The molecule has 1 aliphatic rings. The van der Waals surface area contributed by atoms with E-state index in [0.717, 1.165) is 6.54 Å². The number of nitro groups is 1. The Bertz CT molecular complexity index is 474. The summed E-state index contributed by atoms with van der Waals surface area (Å²) >= 11 is 0. The zero-order chi connectivity index (χ0) is 14.5. The fourth-order valence-electron chi connectivity index (χ4n) is 1.84. The third kappa shape index (κ3) is 4.09. The van der Waals surface area contributed by atoms with Crippen LogP contribution in [0.4, 0.5) is 5.69 Å². The fraction of sp³-hybridized carbons (Fsp3) is 0.571. The second kappa shape index (κ2) is 6.56. The smallest absolute Gasteiger partial charge is 0.273 e. The lowest BCUT2D eigenvalue weighted by atomic mass is 10.2. The Labute approximate surface area is 118 Å². The predicted molar refractivity (Wildman–Crippen MR) is 75.3 cm³/mol. The zero-order valence-electron chi connectivity index (χ0n) is 11.8. The van der Waals surface area contributed by atoms with Crippen LogP contribution >= 0.6 is 0 Å². The summed E-state index contributed by atoms with van der Waals surface area (Å²) in [5, 5.41) is 14.1. The van der Waals surface area contributed by atoms with E-state index in [-0.39, 0.29) is 5.69 Å². The summed E-state index contributed by atoms with van der Waals surface area (Å²) in [6.45, 7) is 3.57. The molecule has 1 N–H and O–H groups in total. The van der Waals surface area contributed by atoms with Crippen molar-refractivity contribution in [1.29, 1.82) is 0 Å². The number of methoxy groups -OCH3 is 1. The van der Waals surface area contributed by atoms with Gasteiger partial charge in [0.1, 0.15) is 0 Å². The van der Waals surface area contributed by atoms with Gasteiger partial charge in [0.15, 0.2) is 11.5 Å². The Hall–Kier alpha value is -1.82. The Kier molecular flexibility index (Phi) is 4.79. The van der Waals surface area contributed by atoms with Crippen molar-refractivity contribution in [2.75, 3.05) is 20.3 Å². The van der Waals surface area contributed by atoms with Crippen molar-refractivity contribution in [3.8, 4) is 11.5 Å². The van der Waals surface area contributed by atoms with Crippen LogP contribution in [-0.2, 0) is 0 Å². The molecule has 110 valence electrons. The van der Waals surface area contributed by atoms with Gasteiger partial charge < -0.3 is 14.8 Å². The number of ether oxygens (including phenoxy) is 2. The molecule has 6 nitrogen and oxygen atoms in total. The molecule has 0 saturated heterocycles. The molecule has 2 rings (SSSR count). The summed E-state index contributed by atoms with van der Waals surface area (Å²) in [7, 11) is 1.48. The quantitative estimate of drug-likeness (QED) is 0.584. The van der Waals surface area contributed by atoms with E-state index in [9.17, 15) is 10.1 Å². The maximum absolute atomic E-state index is 10.7. The highest BCUT2D eigenvalue weighted by Gasteiger charge is 2.21. The van der Waals surface area contributed by atoms with Crippen LogP contribution in [0.5, 0.6) is 11.5 Å². The lowest BCUT2D eigenvalue weighted by Gasteiger charge is -2.15. The number of benzene rings is 1. The normalized spacial score (nSPS) is 15.7. The van der Waals surface area contributed by atoms with Crippen LogP contribution in [0.2, 0.25) is 0 Å². The first-order valence-corrected chi connectivity index (χ1v) is 6.78. The highest BCUT2D eigenvalue weighted by molar-refractivity contribution is 5.48. The molecule has 6 heteroatoms. The van der Waals surface area contributed by atoms with Gasteiger partial charge in [0.25, 0.3) is 5.69 Å². The van der Waals surface area contributed by atoms with Crippen LogP contribution < -0.4 is 14.8 Å². The standard InChI is InChI=1S/C14H20N2O4/c1-10(8-15-11-3-4-11)9-20-13-6-5-12(16(17)18)7-14(13)19-2/h5-7,10-11,15H,3-4,8-9H2,1-2H3. The number of nitrogens with zero attached hydrogens (tertiary/aromatic N) is 1. The zero-order valence-corrected chi connectivity index (χ0v) is 11.8. The van der Waals surface area contributed by atoms with Crippen molar-refractivity contribution in [2.45, 2.75) is 25.8 Å². The fourth-order valence-corrected chi connectivity index (χ4v) is 1.84. The molecule has 0 heterocycles. The number of hydrogen-bond donors (Lipinski definition) is 1. The lowest BCUT2D eigenvalue weighted by molar-refractivity contribution is -0.384. The molecule has 0 radical (unpaired) electrons. The van der Waals surface area contributed by atoms with Crippen molar-refractivity contribution < 1.29 is 14.4 Å². The molecule has 1 aromatic carbocycles. The molecule has 0 aliphatic heterocycles. The van der Waals surface area contributed by atoms with Crippen molar-refractivity contribution in [1.82, 2.24) is 5.32 Å². The third-order valence-corrected chi connectivity index (χ3v) is 3.21. The first-order valence-electron chi connectivity index (χ1n) is 6.78. The van der Waals surface area contributed by atoms with E-state index in [2.05, 4.69) is 12.2 Å². The first kappa shape index (κ1) is 14.6. The average Bonchev–Trinajstić information content (AvgIpc) is 3.26. The largest absolute Gasteiger partial charge is 0.493 e. The Morgan fingerprint density at radius 3 is 2.80 bits per heavy atom. The molecule has 1 saturated carbocycles. The van der Waals surface area contributed by atoms with Gasteiger partial charge in [0.2, 0.25) is 0 Å². The molecule has 20 heavy (non-hydrogen) atoms. The molecular weight excluding hydrogens is 260 g/mol. The monoisotopic (exact) mass is 280 g/mol. The highest BCUT2D eigenvalue weighted by Crippen LogP contribution is 2.31. The second-order valence-corrected chi connectivity index (χ2v) is 5.19. The van der Waals surface area contributed by atoms with Crippen LogP contribution in [0.3, 0.4) is 0 Å². The number of rotatable bonds is 8. The maximum Gasteiger partial charge on any atom is 0.273 e. The summed E-state index contributed by atoms with van der Waals surface area (Å²) in [5.41, 5.74) is -0.00218. The Morgan fingerprint density at radius 2 is 2.20 bits per heavy atom. The van der Waals surface area contributed by atoms with E-state index in [1.54, 1.807) is 6.07 Å². The summed E-state index contributed by atoms with van der Waals surface area (Å²) in [5.74, 6) is 1.30. The summed E-state index contributed by atoms with van der Waals surface area (Å²) in [6, 6.07) is 5.07. The van der Waals surface area contributed by atoms with Crippen LogP contribution in [-0.4, -0.2) is 31.2 Å². The maximum atomic E-state index is 10.7. The summed E-state index contributed by atoms with van der Waals surface area (Å²) < 4.78 is 10.8. The van der Waals surface area contributed by atoms with Gasteiger partial charge >= 0.3 is 0 Å². The van der Waals surface area contributed by atoms with Gasteiger partial charge in [0.05, 0.1) is 24.7 Å². The number of non-ortho nitro benzene ring substituents is 1. The molecule has 1 fully saturated rings. The molecule has 1 aromatic rings. The van der Waals surface area contributed by atoms with Gasteiger partial charge in [-0.15, -0.1) is 0 Å². The summed E-state index contributed by atoms with van der Waals surface area (Å²) in [4.78, 5) is 10.3. The van der Waals surface area contributed by atoms with E-state index in [0.29, 0.717) is 30.1 Å². The Morgan fingerprint density at radius 1 is 1.45 bits per heavy atom. The minimum atomic E-state index is -0.450. The van der Waals surface area contributed by atoms with Crippen LogP contribution in [0, 0.1) is 16.0 Å². The minimum Gasteiger partial charge on any atom is -0.493 e. The molecule has 0 spiro atoms. The van der Waals surface area contributed by atoms with E-state index in [1.165, 1.54) is 32.1 Å². The molecule has 1 aliphatic carbocycles. The summed E-state index contributed by atoms with van der Waals surface area (Å²) in [6.07, 6.45) is 2.54. The van der Waals surface area contributed by atoms with E-state index in [4.69, 9.17) is 9.47 Å². The van der Waals surface area contributed by atoms with Crippen molar-refractivity contribution in [3.05, 3.63) is 28.3 Å². The predicted octanol–water partition coefficient (Wildman–Crippen LogP) is 2.37. The van der Waals surface area contributed by atoms with Crippen LogP contribution in [0.15, 0.2) is 18.2 Å². The van der Waals surface area contributed by atoms with Crippen molar-refractivity contribution in [3.63, 3.8) is 0 Å². The number of hydrogen-bond acceptors (Lipinski definition) is 5. The molecular formula is C14H20N2O4. The third-order valence-electron chi connectivity index (χ3n) is 3.21. The van der Waals surface area contributed by atoms with Gasteiger partial charge in [-0.3, -0.25) is 10.1 Å². The molecule has 1 atom stereocenters. The van der Waals surface area contributed by atoms with Crippen molar-refractivity contribution in [2.24, 2.45) is 5.92 Å². The number of nitrogens with one attached hydrogen (secondary N) is 1. The topological polar surface area (TPSA) is 73.6 Å². The van der Waals surface area contributed by atoms with Crippen LogP contribution in [0.1, 0.15) is 19.8 Å². The first-order chi connectivity index (χ1) is 9.60. The van der Waals surface area contributed by atoms with Gasteiger partial charge in [-0.1, -0.05) is 6.92 Å². The van der Waals surface area contributed by atoms with Gasteiger partial charge in [-0.2, -0.15) is 0 Å². The minimum absolute atomic E-state index is 0.00218. The molecule has 0 amide bonds. The van der Waals surface area contributed by atoms with E-state index in [1.807, 2.05) is 0 Å². The van der Waals surface area contributed by atoms with Gasteiger partial charge in [0, 0.05) is 24.6 Å².